The van der Waals surface area contributed by atoms with Gasteiger partial charge in [-0.3, -0.25) is 0 Å². The first-order valence-electron chi connectivity index (χ1n) is 8.30. The standard InChI is InChI=1S/2C12H11.Hf/c2*1-10-6-8-12(9-7-10)11-4-2-3-5-11;/h2*2-9H,1H3;/q2*-1;. The van der Waals surface area contributed by atoms with Gasteiger partial charge in [0.15, 0.2) is 0 Å². The van der Waals surface area contributed by atoms with Crippen molar-refractivity contribution >= 4 is 0 Å². The van der Waals surface area contributed by atoms with Crippen molar-refractivity contribution in [3.8, 4) is 22.3 Å². The summed E-state index contributed by atoms with van der Waals surface area (Å²) in [6, 6.07) is 34.0. The summed E-state index contributed by atoms with van der Waals surface area (Å²) in [6.07, 6.45) is 0. The molecule has 0 aliphatic heterocycles. The normalized spacial score (nSPS) is 9.68. The van der Waals surface area contributed by atoms with E-state index in [4.69, 9.17) is 0 Å². The van der Waals surface area contributed by atoms with Gasteiger partial charge in [-0.2, -0.15) is 24.3 Å². The van der Waals surface area contributed by atoms with Gasteiger partial charge in [0.05, 0.1) is 0 Å². The zero-order valence-corrected chi connectivity index (χ0v) is 18.3. The van der Waals surface area contributed by atoms with E-state index in [1.54, 1.807) is 0 Å². The fourth-order valence-electron chi connectivity index (χ4n) is 2.62. The number of benzene rings is 2. The Hall–Kier alpha value is -1.99. The Balaban J connectivity index is 0.000000173. The first kappa shape index (κ1) is 19.3. The van der Waals surface area contributed by atoms with Gasteiger partial charge in [-0.25, -0.2) is 0 Å². The summed E-state index contributed by atoms with van der Waals surface area (Å²) >= 11 is 0. The van der Waals surface area contributed by atoms with E-state index < -0.39 is 0 Å². The molecular formula is C24H22Hf-2. The Kier molecular flexibility index (Phi) is 7.33. The van der Waals surface area contributed by atoms with Gasteiger partial charge in [0.2, 0.25) is 0 Å². The van der Waals surface area contributed by atoms with Crippen molar-refractivity contribution in [2.45, 2.75) is 13.8 Å². The third-order valence-electron chi connectivity index (χ3n) is 4.10. The predicted molar refractivity (Wildman–Crippen MR) is 104 cm³/mol. The molecule has 0 aromatic heterocycles. The second-order valence-corrected chi connectivity index (χ2v) is 6.08. The van der Waals surface area contributed by atoms with Crippen LogP contribution in [0.25, 0.3) is 22.3 Å². The summed E-state index contributed by atoms with van der Waals surface area (Å²) in [6.45, 7) is 4.21. The first-order chi connectivity index (χ1) is 11.7. The summed E-state index contributed by atoms with van der Waals surface area (Å²) in [4.78, 5) is 0. The third kappa shape index (κ3) is 5.51. The molecule has 0 bridgehead atoms. The molecule has 0 saturated carbocycles. The van der Waals surface area contributed by atoms with Crippen molar-refractivity contribution in [1.29, 1.82) is 0 Å². The van der Waals surface area contributed by atoms with Crippen LogP contribution in [0.4, 0.5) is 0 Å². The smallest absolute Gasteiger partial charge is 0 e. The Morgan fingerprint density at radius 1 is 0.480 bits per heavy atom. The fourth-order valence-corrected chi connectivity index (χ4v) is 2.62. The van der Waals surface area contributed by atoms with Gasteiger partial charge in [-0.1, -0.05) is 46.5 Å². The van der Waals surface area contributed by atoms with Crippen LogP contribution >= 0.6 is 0 Å². The van der Waals surface area contributed by atoms with Gasteiger partial charge in [0.1, 0.15) is 0 Å². The molecule has 0 saturated heterocycles. The van der Waals surface area contributed by atoms with Crippen LogP contribution in [0.15, 0.2) is 97.1 Å². The maximum Gasteiger partial charge on any atom is 0 e. The van der Waals surface area contributed by atoms with Crippen LogP contribution in [0, 0.1) is 13.8 Å². The van der Waals surface area contributed by atoms with E-state index in [-0.39, 0.29) is 25.8 Å². The van der Waals surface area contributed by atoms with E-state index in [2.05, 4.69) is 111 Å². The van der Waals surface area contributed by atoms with Crippen LogP contribution in [0.5, 0.6) is 0 Å². The summed E-state index contributed by atoms with van der Waals surface area (Å²) in [5.41, 5.74) is 7.82. The van der Waals surface area contributed by atoms with E-state index in [1.807, 2.05) is 0 Å². The molecule has 1 heteroatoms. The molecule has 0 unspecified atom stereocenters. The van der Waals surface area contributed by atoms with E-state index in [1.165, 1.54) is 33.4 Å². The van der Waals surface area contributed by atoms with Crippen LogP contribution in [-0.2, 0) is 25.8 Å². The van der Waals surface area contributed by atoms with Gasteiger partial charge in [0.25, 0.3) is 0 Å². The van der Waals surface area contributed by atoms with E-state index in [9.17, 15) is 0 Å². The van der Waals surface area contributed by atoms with Crippen LogP contribution in [-0.4, -0.2) is 0 Å². The van der Waals surface area contributed by atoms with Crippen molar-refractivity contribution in [2.24, 2.45) is 0 Å². The summed E-state index contributed by atoms with van der Waals surface area (Å²) < 4.78 is 0. The average molecular weight is 489 g/mol. The van der Waals surface area contributed by atoms with Gasteiger partial charge in [-0.15, -0.1) is 59.7 Å². The van der Waals surface area contributed by atoms with Crippen molar-refractivity contribution in [1.82, 2.24) is 0 Å². The molecule has 0 fully saturated rings. The zero-order valence-electron chi connectivity index (χ0n) is 14.7. The van der Waals surface area contributed by atoms with Crippen molar-refractivity contribution < 1.29 is 25.8 Å². The Morgan fingerprint density at radius 3 is 1.04 bits per heavy atom. The zero-order chi connectivity index (χ0) is 16.8. The van der Waals surface area contributed by atoms with Crippen LogP contribution in [0.2, 0.25) is 0 Å². The minimum absolute atomic E-state index is 0. The van der Waals surface area contributed by atoms with Crippen molar-refractivity contribution in [3.63, 3.8) is 0 Å². The molecule has 0 amide bonds. The van der Waals surface area contributed by atoms with Gasteiger partial charge in [-0.05, 0) is 13.8 Å². The molecule has 25 heavy (non-hydrogen) atoms. The molecule has 0 atom stereocenters. The molecule has 124 valence electrons. The minimum Gasteiger partial charge on any atom is -0.152 e. The molecule has 4 rings (SSSR count). The minimum atomic E-state index is 0. The largest absolute Gasteiger partial charge is 0.152 e. The number of rotatable bonds is 2. The number of aryl methyl sites for hydroxylation is 2. The van der Waals surface area contributed by atoms with Crippen LogP contribution in [0.3, 0.4) is 0 Å². The van der Waals surface area contributed by atoms with E-state index >= 15 is 0 Å². The molecule has 4 aromatic carbocycles. The second-order valence-electron chi connectivity index (χ2n) is 6.08. The fraction of sp³-hybridized carbons (Fsp3) is 0.0833. The van der Waals surface area contributed by atoms with Gasteiger partial charge in [0, 0.05) is 25.8 Å². The molecule has 0 aliphatic carbocycles. The predicted octanol–water partition coefficient (Wildman–Crippen LogP) is 6.76. The summed E-state index contributed by atoms with van der Waals surface area (Å²) in [5.74, 6) is 0. The van der Waals surface area contributed by atoms with Crippen molar-refractivity contribution in [2.75, 3.05) is 0 Å². The third-order valence-corrected chi connectivity index (χ3v) is 4.10. The quantitative estimate of drug-likeness (QED) is 0.216. The molecule has 0 N–H and O–H groups in total. The van der Waals surface area contributed by atoms with Gasteiger partial charge >= 0.3 is 0 Å². The topological polar surface area (TPSA) is 0 Å². The molecule has 0 nitrogen and oxygen atoms in total. The van der Waals surface area contributed by atoms with E-state index in [0.29, 0.717) is 0 Å². The Bertz CT molecular complexity index is 758. The molecule has 0 spiro atoms. The summed E-state index contributed by atoms with van der Waals surface area (Å²) in [7, 11) is 0. The Morgan fingerprint density at radius 2 is 0.760 bits per heavy atom. The number of hydrogen-bond donors (Lipinski definition) is 0. The monoisotopic (exact) mass is 490 g/mol. The molecule has 0 aliphatic rings. The maximum absolute atomic E-state index is 2.16. The second kappa shape index (κ2) is 9.48. The van der Waals surface area contributed by atoms with E-state index in [0.717, 1.165) is 0 Å². The number of hydrogen-bond acceptors (Lipinski definition) is 0. The summed E-state index contributed by atoms with van der Waals surface area (Å²) in [5, 5.41) is 0. The van der Waals surface area contributed by atoms with Crippen LogP contribution in [0.1, 0.15) is 11.1 Å². The van der Waals surface area contributed by atoms with Crippen molar-refractivity contribution in [3.05, 3.63) is 108 Å². The molecular weight excluding hydrogens is 467 g/mol. The molecule has 0 heterocycles. The maximum atomic E-state index is 2.16. The van der Waals surface area contributed by atoms with Gasteiger partial charge < -0.3 is 0 Å². The molecule has 0 radical (unpaired) electrons. The first-order valence-corrected chi connectivity index (χ1v) is 8.30. The average Bonchev–Trinajstić information content (AvgIpc) is 3.31. The Labute approximate surface area is 169 Å². The SMILES string of the molecule is Cc1ccc(-[c-]2cccc2)cc1.Cc1ccc(-[c-]2cccc2)cc1.[Hf]. The van der Waals surface area contributed by atoms with Crippen LogP contribution < -0.4 is 0 Å². The molecule has 4 aromatic rings.